The van der Waals surface area contributed by atoms with Gasteiger partial charge >= 0.3 is 0 Å². The van der Waals surface area contributed by atoms with E-state index in [9.17, 15) is 4.39 Å². The molecule has 0 saturated heterocycles. The van der Waals surface area contributed by atoms with Crippen LogP contribution in [-0.2, 0) is 6.61 Å². The van der Waals surface area contributed by atoms with E-state index in [4.69, 9.17) is 15.1 Å². The molecule has 0 radical (unpaired) electrons. The van der Waals surface area contributed by atoms with Gasteiger partial charge in [-0.25, -0.2) is 4.39 Å². The molecule has 2 rings (SSSR count). The Labute approximate surface area is 122 Å². The van der Waals surface area contributed by atoms with Gasteiger partial charge in [-0.2, -0.15) is 5.26 Å². The lowest BCUT2D eigenvalue weighted by Gasteiger charge is -2.09. The third-order valence-corrected chi connectivity index (χ3v) is 2.75. The summed E-state index contributed by atoms with van der Waals surface area (Å²) in [5.74, 6) is 5.35. The zero-order chi connectivity index (χ0) is 15.1. The first kappa shape index (κ1) is 14.6. The highest BCUT2D eigenvalue weighted by atomic mass is 19.1. The summed E-state index contributed by atoms with van der Waals surface area (Å²) in [5.41, 5.74) is 1.25. The second-order valence-corrected chi connectivity index (χ2v) is 4.16. The number of aliphatic hydroxyl groups excluding tert-OH is 1. The molecule has 2 aromatic carbocycles. The van der Waals surface area contributed by atoms with Gasteiger partial charge in [0.2, 0.25) is 0 Å². The van der Waals surface area contributed by atoms with Gasteiger partial charge in [0.15, 0.2) is 0 Å². The van der Waals surface area contributed by atoms with Crippen LogP contribution in [0, 0.1) is 29.0 Å². The standard InChI is InChI=1S/C17H12FNO2/c18-16-10-13(11-19)7-8-15(16)12-21-17-6-2-1-4-14(17)5-3-9-20/h1-2,4,6-8,10,20H,9,12H2. The molecule has 104 valence electrons. The number of rotatable bonds is 3. The van der Waals surface area contributed by atoms with Crippen molar-refractivity contribution in [1.82, 2.24) is 0 Å². The quantitative estimate of drug-likeness (QED) is 0.880. The van der Waals surface area contributed by atoms with Crippen molar-refractivity contribution in [1.29, 1.82) is 5.26 Å². The monoisotopic (exact) mass is 281 g/mol. The number of nitriles is 1. The molecule has 0 aliphatic heterocycles. The molecule has 2 aromatic rings. The summed E-state index contributed by atoms with van der Waals surface area (Å²) in [6, 6.07) is 13.2. The van der Waals surface area contributed by atoms with Gasteiger partial charge in [0.25, 0.3) is 0 Å². The van der Waals surface area contributed by atoms with Gasteiger partial charge in [0, 0.05) is 5.56 Å². The van der Waals surface area contributed by atoms with Gasteiger partial charge < -0.3 is 9.84 Å². The smallest absolute Gasteiger partial charge is 0.135 e. The zero-order valence-electron chi connectivity index (χ0n) is 11.1. The predicted octanol–water partition coefficient (Wildman–Crippen LogP) is 2.62. The maximum absolute atomic E-state index is 13.8. The van der Waals surface area contributed by atoms with Crippen LogP contribution in [0.2, 0.25) is 0 Å². The van der Waals surface area contributed by atoms with Crippen molar-refractivity contribution >= 4 is 0 Å². The highest BCUT2D eigenvalue weighted by Crippen LogP contribution is 2.19. The number of hydrogen-bond donors (Lipinski definition) is 1. The number of hydrogen-bond acceptors (Lipinski definition) is 3. The molecule has 0 amide bonds. The van der Waals surface area contributed by atoms with Crippen molar-refractivity contribution in [3.8, 4) is 23.7 Å². The predicted molar refractivity (Wildman–Crippen MR) is 75.9 cm³/mol. The number of benzene rings is 2. The Bertz CT molecular complexity index is 738. The van der Waals surface area contributed by atoms with E-state index < -0.39 is 5.82 Å². The van der Waals surface area contributed by atoms with Crippen LogP contribution >= 0.6 is 0 Å². The number of halogens is 1. The van der Waals surface area contributed by atoms with Crippen LogP contribution in [0.4, 0.5) is 4.39 Å². The third-order valence-electron chi connectivity index (χ3n) is 2.75. The van der Waals surface area contributed by atoms with Crippen LogP contribution in [0.15, 0.2) is 42.5 Å². The summed E-state index contributed by atoms with van der Waals surface area (Å²) < 4.78 is 19.3. The molecule has 0 heterocycles. The molecule has 0 aliphatic carbocycles. The van der Waals surface area contributed by atoms with Crippen LogP contribution < -0.4 is 4.74 Å². The molecule has 0 unspecified atom stereocenters. The number of para-hydroxylation sites is 1. The van der Waals surface area contributed by atoms with Crippen molar-refractivity contribution in [2.75, 3.05) is 6.61 Å². The molecule has 21 heavy (non-hydrogen) atoms. The lowest BCUT2D eigenvalue weighted by Crippen LogP contribution is -2.00. The minimum absolute atomic E-state index is 0.0371. The molecule has 1 N–H and O–H groups in total. The fraction of sp³-hybridized carbons (Fsp3) is 0.118. The Morgan fingerprint density at radius 2 is 2.00 bits per heavy atom. The van der Waals surface area contributed by atoms with Crippen LogP contribution in [0.3, 0.4) is 0 Å². The van der Waals surface area contributed by atoms with Crippen LogP contribution in [0.25, 0.3) is 0 Å². The Morgan fingerprint density at radius 1 is 1.19 bits per heavy atom. The number of ether oxygens (including phenoxy) is 1. The van der Waals surface area contributed by atoms with E-state index in [1.165, 1.54) is 12.1 Å². The van der Waals surface area contributed by atoms with Crippen LogP contribution in [-0.4, -0.2) is 11.7 Å². The average Bonchev–Trinajstić information content (AvgIpc) is 2.52. The van der Waals surface area contributed by atoms with Crippen molar-refractivity contribution in [3.63, 3.8) is 0 Å². The van der Waals surface area contributed by atoms with E-state index in [2.05, 4.69) is 11.8 Å². The van der Waals surface area contributed by atoms with Gasteiger partial charge in [0.1, 0.15) is 24.8 Å². The zero-order valence-corrected chi connectivity index (χ0v) is 11.1. The first-order valence-corrected chi connectivity index (χ1v) is 6.24. The number of aliphatic hydroxyl groups is 1. The van der Waals surface area contributed by atoms with Gasteiger partial charge in [-0.1, -0.05) is 30.0 Å². The molecule has 0 atom stereocenters. The highest BCUT2D eigenvalue weighted by molar-refractivity contribution is 5.46. The maximum atomic E-state index is 13.8. The van der Waals surface area contributed by atoms with Gasteiger partial charge in [-0.05, 0) is 24.3 Å². The second kappa shape index (κ2) is 7.09. The van der Waals surface area contributed by atoms with Crippen LogP contribution in [0.5, 0.6) is 5.75 Å². The summed E-state index contributed by atoms with van der Waals surface area (Å²) >= 11 is 0. The normalized spacial score (nSPS) is 9.38. The van der Waals surface area contributed by atoms with Gasteiger partial charge in [0.05, 0.1) is 17.2 Å². The minimum atomic E-state index is -0.479. The molecule has 3 nitrogen and oxygen atoms in total. The summed E-state index contributed by atoms with van der Waals surface area (Å²) in [6.45, 7) is -0.200. The lowest BCUT2D eigenvalue weighted by molar-refractivity contribution is 0.299. The largest absolute Gasteiger partial charge is 0.487 e. The summed E-state index contributed by atoms with van der Waals surface area (Å²) in [4.78, 5) is 0. The SMILES string of the molecule is N#Cc1ccc(COc2ccccc2C#CCO)c(F)c1. The maximum Gasteiger partial charge on any atom is 0.135 e. The molecule has 4 heteroatoms. The first-order chi connectivity index (χ1) is 10.2. The minimum Gasteiger partial charge on any atom is -0.487 e. The Balaban J connectivity index is 2.15. The fourth-order valence-electron chi connectivity index (χ4n) is 1.72. The number of nitrogens with zero attached hydrogens (tertiary/aromatic N) is 1. The van der Waals surface area contributed by atoms with E-state index in [0.29, 0.717) is 16.9 Å². The molecule has 0 bridgehead atoms. The molecular weight excluding hydrogens is 269 g/mol. The molecule has 0 saturated carbocycles. The van der Waals surface area contributed by atoms with Gasteiger partial charge in [-0.15, -0.1) is 0 Å². The molecule has 0 spiro atoms. The topological polar surface area (TPSA) is 53.2 Å². The molecule has 0 fully saturated rings. The van der Waals surface area contributed by atoms with E-state index in [-0.39, 0.29) is 18.8 Å². The Morgan fingerprint density at radius 3 is 2.71 bits per heavy atom. The summed E-state index contributed by atoms with van der Waals surface area (Å²) in [5, 5.41) is 17.4. The highest BCUT2D eigenvalue weighted by Gasteiger charge is 2.06. The Hall–Kier alpha value is -2.82. The van der Waals surface area contributed by atoms with E-state index in [1.54, 1.807) is 30.3 Å². The van der Waals surface area contributed by atoms with E-state index >= 15 is 0 Å². The van der Waals surface area contributed by atoms with E-state index in [0.717, 1.165) is 0 Å². The molecule has 0 aliphatic rings. The van der Waals surface area contributed by atoms with Crippen LogP contribution in [0.1, 0.15) is 16.7 Å². The fourth-order valence-corrected chi connectivity index (χ4v) is 1.72. The molecule has 0 aromatic heterocycles. The van der Waals surface area contributed by atoms with E-state index in [1.807, 2.05) is 6.07 Å². The Kier molecular flexibility index (Phi) is 4.93. The molecular formula is C17H12FNO2. The summed E-state index contributed by atoms with van der Waals surface area (Å²) in [6.07, 6.45) is 0. The lowest BCUT2D eigenvalue weighted by atomic mass is 10.1. The first-order valence-electron chi connectivity index (χ1n) is 6.24. The van der Waals surface area contributed by atoms with Crippen molar-refractivity contribution in [3.05, 3.63) is 65.0 Å². The van der Waals surface area contributed by atoms with Crippen molar-refractivity contribution in [2.45, 2.75) is 6.61 Å². The van der Waals surface area contributed by atoms with Gasteiger partial charge in [-0.3, -0.25) is 0 Å². The third kappa shape index (κ3) is 3.82. The van der Waals surface area contributed by atoms with Crippen molar-refractivity contribution in [2.24, 2.45) is 0 Å². The van der Waals surface area contributed by atoms with Crippen molar-refractivity contribution < 1.29 is 14.2 Å². The average molecular weight is 281 g/mol. The second-order valence-electron chi connectivity index (χ2n) is 4.16. The summed E-state index contributed by atoms with van der Waals surface area (Å²) in [7, 11) is 0.